The molecule has 0 aliphatic carbocycles. The highest BCUT2D eigenvalue weighted by atomic mass is 16.3. The minimum atomic E-state index is -0.426. The van der Waals surface area contributed by atoms with E-state index in [1.165, 1.54) is 18.9 Å². The van der Waals surface area contributed by atoms with Crippen LogP contribution in [0.15, 0.2) is 42.2 Å². The molecule has 2 aromatic rings. The van der Waals surface area contributed by atoms with E-state index < -0.39 is 11.8 Å². The molecule has 2 aliphatic heterocycles. The maximum Gasteiger partial charge on any atom is 0.277 e. The third-order valence-electron chi connectivity index (χ3n) is 4.80. The van der Waals surface area contributed by atoms with Gasteiger partial charge in [0.25, 0.3) is 11.8 Å². The van der Waals surface area contributed by atoms with E-state index in [1.54, 1.807) is 6.20 Å². The number of nitrogens with one attached hydrogen (secondary N) is 1. The van der Waals surface area contributed by atoms with Crippen LogP contribution in [-0.2, 0) is 9.59 Å². The molecule has 2 amide bonds. The van der Waals surface area contributed by atoms with Gasteiger partial charge in [0, 0.05) is 36.4 Å². The Hall–Kier alpha value is -2.93. The van der Waals surface area contributed by atoms with Gasteiger partial charge in [-0.25, -0.2) is 0 Å². The largest absolute Gasteiger partial charge is 0.395 e. The summed E-state index contributed by atoms with van der Waals surface area (Å²) in [6.07, 6.45) is 5.39. The van der Waals surface area contributed by atoms with E-state index in [-0.39, 0.29) is 18.8 Å². The molecule has 3 heterocycles. The molecule has 0 radical (unpaired) electrons. The van der Waals surface area contributed by atoms with Crippen LogP contribution in [0.2, 0.25) is 0 Å². The van der Waals surface area contributed by atoms with Crippen LogP contribution in [0.1, 0.15) is 12.8 Å². The summed E-state index contributed by atoms with van der Waals surface area (Å²) in [5.74, 6) is -0.840. The molecule has 0 spiro atoms. The molecule has 0 atom stereocenters. The monoisotopic (exact) mass is 352 g/mol. The maximum absolute atomic E-state index is 12.4. The quantitative estimate of drug-likeness (QED) is 0.793. The first-order valence-corrected chi connectivity index (χ1v) is 8.77. The van der Waals surface area contributed by atoms with Crippen molar-refractivity contribution in [1.82, 2.24) is 9.88 Å². The summed E-state index contributed by atoms with van der Waals surface area (Å²) in [4.78, 5) is 32.2. The normalized spacial score (nSPS) is 17.3. The van der Waals surface area contributed by atoms with E-state index in [2.05, 4.69) is 15.2 Å². The lowest BCUT2D eigenvalue weighted by molar-refractivity contribution is -0.137. The first-order valence-electron chi connectivity index (χ1n) is 8.77. The van der Waals surface area contributed by atoms with Gasteiger partial charge in [-0.3, -0.25) is 19.5 Å². The number of rotatable bonds is 5. The number of anilines is 2. The molecule has 0 bridgehead atoms. The molecular weight excluding hydrogens is 332 g/mol. The van der Waals surface area contributed by atoms with Gasteiger partial charge in [0.15, 0.2) is 0 Å². The smallest absolute Gasteiger partial charge is 0.277 e. The standard InChI is InChI=1S/C19H20N4O3/c24-11-10-23-17(25)12-15(19(23)26)21-14-5-6-16(22-8-1-2-9-22)18-13(14)4-3-7-20-18/h3-7,12,21,24H,1-2,8-11H2. The molecule has 26 heavy (non-hydrogen) atoms. The van der Waals surface area contributed by atoms with Gasteiger partial charge in [-0.1, -0.05) is 0 Å². The van der Waals surface area contributed by atoms with Crippen molar-refractivity contribution in [2.24, 2.45) is 0 Å². The number of aliphatic hydroxyl groups excluding tert-OH is 1. The van der Waals surface area contributed by atoms with Gasteiger partial charge >= 0.3 is 0 Å². The van der Waals surface area contributed by atoms with Crippen LogP contribution in [0.3, 0.4) is 0 Å². The number of aromatic nitrogens is 1. The van der Waals surface area contributed by atoms with E-state index in [1.807, 2.05) is 24.3 Å². The van der Waals surface area contributed by atoms with Gasteiger partial charge in [0.2, 0.25) is 0 Å². The second-order valence-corrected chi connectivity index (χ2v) is 6.43. The molecule has 4 rings (SSSR count). The lowest BCUT2D eigenvalue weighted by atomic mass is 10.1. The highest BCUT2D eigenvalue weighted by molar-refractivity contribution is 6.18. The van der Waals surface area contributed by atoms with Crippen molar-refractivity contribution in [3.63, 3.8) is 0 Å². The Morgan fingerprint density at radius 3 is 2.73 bits per heavy atom. The number of aliphatic hydroxyl groups is 1. The topological polar surface area (TPSA) is 85.8 Å². The maximum atomic E-state index is 12.4. The molecule has 134 valence electrons. The lowest BCUT2D eigenvalue weighted by Gasteiger charge is -2.21. The minimum Gasteiger partial charge on any atom is -0.395 e. The number of pyridine rings is 1. The number of benzene rings is 1. The molecule has 1 aromatic carbocycles. The van der Waals surface area contributed by atoms with Crippen molar-refractivity contribution >= 4 is 34.1 Å². The van der Waals surface area contributed by atoms with Crippen LogP contribution in [-0.4, -0.2) is 53.0 Å². The number of fused-ring (bicyclic) bond motifs is 1. The zero-order valence-corrected chi connectivity index (χ0v) is 14.3. The molecule has 1 fully saturated rings. The summed E-state index contributed by atoms with van der Waals surface area (Å²) in [6.45, 7) is 1.78. The molecular formula is C19H20N4O3. The average Bonchev–Trinajstić information content (AvgIpc) is 3.27. The summed E-state index contributed by atoms with van der Waals surface area (Å²) in [6, 6.07) is 7.74. The van der Waals surface area contributed by atoms with Gasteiger partial charge in [-0.05, 0) is 37.1 Å². The first-order chi connectivity index (χ1) is 12.7. The highest BCUT2D eigenvalue weighted by Crippen LogP contribution is 2.33. The molecule has 0 saturated carbocycles. The van der Waals surface area contributed by atoms with Crippen LogP contribution in [0.5, 0.6) is 0 Å². The second kappa shape index (κ2) is 6.76. The highest BCUT2D eigenvalue weighted by Gasteiger charge is 2.31. The Kier molecular flexibility index (Phi) is 4.30. The Bertz CT molecular complexity index is 903. The number of imide groups is 1. The molecule has 2 aliphatic rings. The van der Waals surface area contributed by atoms with Crippen molar-refractivity contribution in [2.75, 3.05) is 36.5 Å². The van der Waals surface area contributed by atoms with Crippen LogP contribution >= 0.6 is 0 Å². The number of carbonyl (C=O) groups excluding carboxylic acids is 2. The van der Waals surface area contributed by atoms with E-state index in [0.29, 0.717) is 0 Å². The molecule has 2 N–H and O–H groups in total. The van der Waals surface area contributed by atoms with Crippen LogP contribution < -0.4 is 10.2 Å². The van der Waals surface area contributed by atoms with Gasteiger partial charge in [0.05, 0.1) is 24.4 Å². The molecule has 1 saturated heterocycles. The van der Waals surface area contributed by atoms with E-state index in [0.717, 1.165) is 40.3 Å². The Morgan fingerprint density at radius 1 is 1.15 bits per heavy atom. The summed E-state index contributed by atoms with van der Waals surface area (Å²) >= 11 is 0. The Morgan fingerprint density at radius 2 is 1.96 bits per heavy atom. The first kappa shape index (κ1) is 16.5. The molecule has 0 unspecified atom stereocenters. The van der Waals surface area contributed by atoms with E-state index >= 15 is 0 Å². The van der Waals surface area contributed by atoms with E-state index in [9.17, 15) is 9.59 Å². The molecule has 7 heteroatoms. The number of β-amino-alcohol motifs (C(OH)–C–C–N with tert-alkyl or cyclic N) is 1. The fraction of sp³-hybridized carbons (Fsp3) is 0.316. The minimum absolute atomic E-state index is 0.00442. The average molecular weight is 352 g/mol. The van der Waals surface area contributed by atoms with Gasteiger partial charge in [-0.2, -0.15) is 0 Å². The van der Waals surface area contributed by atoms with Crippen molar-refractivity contribution in [3.05, 3.63) is 42.2 Å². The lowest BCUT2D eigenvalue weighted by Crippen LogP contribution is -2.34. The van der Waals surface area contributed by atoms with Crippen LogP contribution in [0.25, 0.3) is 10.9 Å². The van der Waals surface area contributed by atoms with Crippen molar-refractivity contribution in [3.8, 4) is 0 Å². The van der Waals surface area contributed by atoms with Crippen molar-refractivity contribution in [2.45, 2.75) is 12.8 Å². The number of nitrogens with zero attached hydrogens (tertiary/aromatic N) is 3. The third-order valence-corrected chi connectivity index (χ3v) is 4.80. The Balaban J connectivity index is 1.68. The molecule has 7 nitrogen and oxygen atoms in total. The number of carbonyl (C=O) groups is 2. The zero-order valence-electron chi connectivity index (χ0n) is 14.3. The van der Waals surface area contributed by atoms with Crippen molar-refractivity contribution in [1.29, 1.82) is 0 Å². The fourth-order valence-electron chi connectivity index (χ4n) is 3.53. The summed E-state index contributed by atoms with van der Waals surface area (Å²) in [7, 11) is 0. The third kappa shape index (κ3) is 2.80. The SMILES string of the molecule is O=C1C=C(Nc2ccc(N3CCCC3)c3ncccc23)C(=O)N1CCO. The Labute approximate surface area is 150 Å². The van der Waals surface area contributed by atoms with Gasteiger partial charge in [0.1, 0.15) is 5.70 Å². The number of hydrogen-bond donors (Lipinski definition) is 2. The fourth-order valence-corrected chi connectivity index (χ4v) is 3.53. The van der Waals surface area contributed by atoms with E-state index in [4.69, 9.17) is 5.11 Å². The number of amides is 2. The van der Waals surface area contributed by atoms with Gasteiger partial charge < -0.3 is 15.3 Å². The zero-order chi connectivity index (χ0) is 18.1. The second-order valence-electron chi connectivity index (χ2n) is 6.43. The van der Waals surface area contributed by atoms with Crippen LogP contribution in [0, 0.1) is 0 Å². The molecule has 1 aromatic heterocycles. The predicted molar refractivity (Wildman–Crippen MR) is 98.7 cm³/mol. The van der Waals surface area contributed by atoms with Gasteiger partial charge in [-0.15, -0.1) is 0 Å². The summed E-state index contributed by atoms with van der Waals surface area (Å²) in [5, 5.41) is 13.0. The van der Waals surface area contributed by atoms with Crippen molar-refractivity contribution < 1.29 is 14.7 Å². The van der Waals surface area contributed by atoms with Crippen LogP contribution in [0.4, 0.5) is 11.4 Å². The predicted octanol–water partition coefficient (Wildman–Crippen LogP) is 1.49. The summed E-state index contributed by atoms with van der Waals surface area (Å²) in [5.41, 5.74) is 2.91. The summed E-state index contributed by atoms with van der Waals surface area (Å²) < 4.78 is 0. The number of hydrogen-bond acceptors (Lipinski definition) is 6.